The molecular formula is C11H14N2O4S. The Morgan fingerprint density at radius 3 is 2.50 bits per heavy atom. The van der Waals surface area contributed by atoms with Gasteiger partial charge in [-0.2, -0.15) is 0 Å². The Morgan fingerprint density at radius 2 is 2.00 bits per heavy atom. The molecule has 0 saturated heterocycles. The molecular weight excluding hydrogens is 256 g/mol. The number of hydrogen-bond acceptors (Lipinski definition) is 4. The Labute approximate surface area is 105 Å². The van der Waals surface area contributed by atoms with Crippen molar-refractivity contribution in [3.8, 4) is 5.75 Å². The molecule has 0 heterocycles. The summed E-state index contributed by atoms with van der Waals surface area (Å²) in [6.45, 7) is 3.68. The highest BCUT2D eigenvalue weighted by atomic mass is 32.2. The Balaban J connectivity index is 2.54. The molecule has 0 aliphatic carbocycles. The number of carbonyl (C=O) groups excluding carboxylic acids is 1. The van der Waals surface area contributed by atoms with Crippen molar-refractivity contribution >= 4 is 15.9 Å². The summed E-state index contributed by atoms with van der Waals surface area (Å²) in [5.74, 6) is 0.0987. The normalized spacial score (nSPS) is 10.7. The van der Waals surface area contributed by atoms with E-state index in [1.165, 1.54) is 24.3 Å². The zero-order valence-electron chi connectivity index (χ0n) is 9.63. The van der Waals surface area contributed by atoms with E-state index < -0.39 is 10.0 Å². The monoisotopic (exact) mass is 270 g/mol. The zero-order valence-corrected chi connectivity index (χ0v) is 10.4. The van der Waals surface area contributed by atoms with Gasteiger partial charge in [0.25, 0.3) is 5.91 Å². The fourth-order valence-electron chi connectivity index (χ4n) is 1.11. The number of rotatable bonds is 6. The number of nitrogens with two attached hydrogens (primary N) is 1. The van der Waals surface area contributed by atoms with Gasteiger partial charge in [-0.1, -0.05) is 6.08 Å². The van der Waals surface area contributed by atoms with Crippen LogP contribution in [0.15, 0.2) is 41.8 Å². The predicted molar refractivity (Wildman–Crippen MR) is 66.5 cm³/mol. The maximum Gasteiger partial charge on any atom is 0.258 e. The number of benzene rings is 1. The lowest BCUT2D eigenvalue weighted by Crippen LogP contribution is -2.28. The van der Waals surface area contributed by atoms with Crippen LogP contribution in [0.4, 0.5) is 0 Å². The minimum atomic E-state index is -3.71. The van der Waals surface area contributed by atoms with Crippen LogP contribution in [0, 0.1) is 0 Å². The van der Waals surface area contributed by atoms with E-state index in [0.29, 0.717) is 12.3 Å². The Morgan fingerprint density at radius 1 is 1.39 bits per heavy atom. The molecule has 0 saturated carbocycles. The second-order valence-corrected chi connectivity index (χ2v) is 4.96. The molecule has 6 nitrogen and oxygen atoms in total. The highest BCUT2D eigenvalue weighted by molar-refractivity contribution is 7.89. The molecule has 7 heteroatoms. The van der Waals surface area contributed by atoms with Gasteiger partial charge in [-0.05, 0) is 24.3 Å². The summed E-state index contributed by atoms with van der Waals surface area (Å²) in [6, 6.07) is 5.49. The van der Waals surface area contributed by atoms with Gasteiger partial charge < -0.3 is 10.1 Å². The number of nitrogens with one attached hydrogen (secondary N) is 1. The molecule has 18 heavy (non-hydrogen) atoms. The molecule has 0 aliphatic rings. The van der Waals surface area contributed by atoms with Crippen LogP contribution in [0.2, 0.25) is 0 Å². The average Bonchev–Trinajstić information content (AvgIpc) is 2.33. The molecule has 1 amide bonds. The van der Waals surface area contributed by atoms with Crippen LogP contribution in [0.3, 0.4) is 0 Å². The molecule has 0 fully saturated rings. The molecule has 0 aliphatic heterocycles. The SMILES string of the molecule is C=CCNC(=O)COc1ccc(S(N)(=O)=O)cc1. The summed E-state index contributed by atoms with van der Waals surface area (Å²) < 4.78 is 27.1. The quantitative estimate of drug-likeness (QED) is 0.712. The first-order valence-electron chi connectivity index (χ1n) is 5.07. The predicted octanol–water partition coefficient (Wildman–Crippen LogP) is 0.0150. The Bertz CT molecular complexity index is 522. The minimum absolute atomic E-state index is 0.00837. The topological polar surface area (TPSA) is 98.5 Å². The number of carbonyl (C=O) groups is 1. The van der Waals surface area contributed by atoms with E-state index in [1.54, 1.807) is 6.08 Å². The average molecular weight is 270 g/mol. The largest absolute Gasteiger partial charge is 0.484 e. The van der Waals surface area contributed by atoms with Gasteiger partial charge in [0.1, 0.15) is 5.75 Å². The molecule has 1 aromatic rings. The first-order chi connectivity index (χ1) is 8.43. The van der Waals surface area contributed by atoms with E-state index in [1.807, 2.05) is 0 Å². The van der Waals surface area contributed by atoms with Gasteiger partial charge in [0.15, 0.2) is 6.61 Å². The molecule has 1 rings (SSSR count). The summed E-state index contributed by atoms with van der Waals surface area (Å²) in [4.78, 5) is 11.2. The molecule has 0 radical (unpaired) electrons. The fraction of sp³-hybridized carbons (Fsp3) is 0.182. The molecule has 0 unspecified atom stereocenters. The van der Waals surface area contributed by atoms with Gasteiger partial charge >= 0.3 is 0 Å². The third-order valence-corrected chi connectivity index (χ3v) is 2.89. The second-order valence-electron chi connectivity index (χ2n) is 3.40. The lowest BCUT2D eigenvalue weighted by molar-refractivity contribution is -0.122. The van der Waals surface area contributed by atoms with Gasteiger partial charge in [0.05, 0.1) is 4.90 Å². The minimum Gasteiger partial charge on any atom is -0.484 e. The van der Waals surface area contributed by atoms with Crippen LogP contribution in [-0.4, -0.2) is 27.5 Å². The van der Waals surface area contributed by atoms with Gasteiger partial charge in [0.2, 0.25) is 10.0 Å². The Kier molecular flexibility index (Phi) is 4.87. The highest BCUT2D eigenvalue weighted by Crippen LogP contribution is 2.14. The summed E-state index contributed by atoms with van der Waals surface area (Å²) in [7, 11) is -3.71. The van der Waals surface area contributed by atoms with Crippen LogP contribution < -0.4 is 15.2 Å². The van der Waals surface area contributed by atoms with Gasteiger partial charge in [-0.25, -0.2) is 13.6 Å². The van der Waals surface area contributed by atoms with Gasteiger partial charge in [-0.15, -0.1) is 6.58 Å². The van der Waals surface area contributed by atoms with Crippen LogP contribution in [0.1, 0.15) is 0 Å². The summed E-state index contributed by atoms with van der Waals surface area (Å²) in [5, 5.41) is 7.48. The van der Waals surface area contributed by atoms with Crippen LogP contribution in [0.5, 0.6) is 5.75 Å². The number of hydrogen-bond donors (Lipinski definition) is 2. The fourth-order valence-corrected chi connectivity index (χ4v) is 1.63. The van der Waals surface area contributed by atoms with E-state index >= 15 is 0 Å². The van der Waals surface area contributed by atoms with Crippen molar-refractivity contribution in [3.63, 3.8) is 0 Å². The van der Waals surface area contributed by atoms with E-state index in [-0.39, 0.29) is 17.4 Å². The van der Waals surface area contributed by atoms with Crippen molar-refractivity contribution in [1.82, 2.24) is 5.32 Å². The number of primary sulfonamides is 1. The van der Waals surface area contributed by atoms with E-state index in [9.17, 15) is 13.2 Å². The van der Waals surface area contributed by atoms with Crippen LogP contribution >= 0.6 is 0 Å². The molecule has 0 spiro atoms. The smallest absolute Gasteiger partial charge is 0.258 e. The van der Waals surface area contributed by atoms with Gasteiger partial charge in [0, 0.05) is 6.54 Å². The van der Waals surface area contributed by atoms with E-state index in [0.717, 1.165) is 0 Å². The third-order valence-electron chi connectivity index (χ3n) is 1.97. The third kappa shape index (κ3) is 4.56. The lowest BCUT2D eigenvalue weighted by atomic mass is 10.3. The van der Waals surface area contributed by atoms with Crippen molar-refractivity contribution in [1.29, 1.82) is 0 Å². The maximum atomic E-state index is 11.2. The van der Waals surface area contributed by atoms with E-state index in [2.05, 4.69) is 11.9 Å². The first kappa shape index (κ1) is 14.2. The summed E-state index contributed by atoms with van der Waals surface area (Å²) >= 11 is 0. The number of ether oxygens (including phenoxy) is 1. The number of amides is 1. The second kappa shape index (κ2) is 6.18. The van der Waals surface area contributed by atoms with Crippen LogP contribution in [-0.2, 0) is 14.8 Å². The zero-order chi connectivity index (χ0) is 13.6. The van der Waals surface area contributed by atoms with Gasteiger partial charge in [-0.3, -0.25) is 4.79 Å². The standard InChI is InChI=1S/C11H14N2O4S/c1-2-7-13-11(14)8-17-9-3-5-10(6-4-9)18(12,15)16/h2-6H,1,7-8H2,(H,13,14)(H2,12,15,16). The first-order valence-corrected chi connectivity index (χ1v) is 6.61. The van der Waals surface area contributed by atoms with E-state index in [4.69, 9.17) is 9.88 Å². The molecule has 0 bridgehead atoms. The van der Waals surface area contributed by atoms with Crippen molar-refractivity contribution in [2.75, 3.05) is 13.2 Å². The Hall–Kier alpha value is -1.86. The number of sulfonamides is 1. The van der Waals surface area contributed by atoms with Crippen molar-refractivity contribution < 1.29 is 17.9 Å². The molecule has 1 aromatic carbocycles. The van der Waals surface area contributed by atoms with Crippen molar-refractivity contribution in [3.05, 3.63) is 36.9 Å². The summed E-state index contributed by atoms with van der Waals surface area (Å²) in [6.07, 6.45) is 1.55. The highest BCUT2D eigenvalue weighted by Gasteiger charge is 2.07. The summed E-state index contributed by atoms with van der Waals surface area (Å²) in [5.41, 5.74) is 0. The maximum absolute atomic E-state index is 11.2. The van der Waals surface area contributed by atoms with Crippen molar-refractivity contribution in [2.45, 2.75) is 4.90 Å². The van der Waals surface area contributed by atoms with Crippen molar-refractivity contribution in [2.24, 2.45) is 5.14 Å². The molecule has 0 atom stereocenters. The lowest BCUT2D eigenvalue weighted by Gasteiger charge is -2.06. The molecule has 98 valence electrons. The van der Waals surface area contributed by atoms with Crippen LogP contribution in [0.25, 0.3) is 0 Å². The molecule has 3 N–H and O–H groups in total. The molecule has 0 aromatic heterocycles.